The molecule has 3 rings (SSSR count). The first-order valence-electron chi connectivity index (χ1n) is 11.9. The van der Waals surface area contributed by atoms with Gasteiger partial charge in [-0.2, -0.15) is 17.9 Å². The van der Waals surface area contributed by atoms with E-state index in [2.05, 4.69) is 4.72 Å². The molecule has 1 aliphatic rings. The number of benzene rings is 2. The second-order valence-electron chi connectivity index (χ2n) is 10.0. The number of hydrogen-bond donors (Lipinski definition) is 2. The molecule has 2 unspecified atom stereocenters. The summed E-state index contributed by atoms with van der Waals surface area (Å²) >= 11 is 0. The van der Waals surface area contributed by atoms with Gasteiger partial charge in [0.15, 0.2) is 5.90 Å². The summed E-state index contributed by atoms with van der Waals surface area (Å²) in [6, 6.07) is 8.09. The molecule has 39 heavy (non-hydrogen) atoms. The van der Waals surface area contributed by atoms with Crippen LogP contribution in [0.2, 0.25) is 0 Å². The van der Waals surface area contributed by atoms with Gasteiger partial charge >= 0.3 is 6.18 Å². The molecule has 2 N–H and O–H groups in total. The standard InChI is InChI=1S/C25H30F3N3O6S2/c1-5-37-23(29)20(30-38(33,34)19-8-6-7-18(14-19)25(26,27)28)13-16-9-11-17(12-10-16)21-15-22(32)31(24(2,3)4)39(21,35)36/h6-12,14,20-21,29-30H,5,13,15H2,1-4H3. The van der Waals surface area contributed by atoms with Crippen molar-refractivity contribution < 1.29 is 39.5 Å². The quantitative estimate of drug-likeness (QED) is 0.353. The lowest BCUT2D eigenvalue weighted by Gasteiger charge is -2.30. The van der Waals surface area contributed by atoms with Crippen molar-refractivity contribution >= 4 is 31.9 Å². The maximum atomic E-state index is 13.1. The van der Waals surface area contributed by atoms with Gasteiger partial charge in [0, 0.05) is 0 Å². The Morgan fingerprint density at radius 1 is 1.15 bits per heavy atom. The van der Waals surface area contributed by atoms with Crippen LogP contribution in [0.4, 0.5) is 13.2 Å². The van der Waals surface area contributed by atoms with Gasteiger partial charge < -0.3 is 4.74 Å². The number of rotatable bonds is 8. The van der Waals surface area contributed by atoms with Crippen LogP contribution in [0.15, 0.2) is 53.4 Å². The van der Waals surface area contributed by atoms with Crippen LogP contribution in [0.1, 0.15) is 56.1 Å². The SMILES string of the molecule is CCOC(=N)C(Cc1ccc(C2CC(=O)N(C(C)(C)C)S2(=O)=O)cc1)NS(=O)(=O)c1cccc(C(F)(F)F)c1. The van der Waals surface area contributed by atoms with Crippen molar-refractivity contribution in [1.82, 2.24) is 9.03 Å². The lowest BCUT2D eigenvalue weighted by Crippen LogP contribution is -2.45. The third kappa shape index (κ3) is 6.79. The van der Waals surface area contributed by atoms with Crippen LogP contribution in [-0.2, 0) is 42.2 Å². The minimum absolute atomic E-state index is 0.0530. The average Bonchev–Trinajstić information content (AvgIpc) is 3.07. The molecule has 2 atom stereocenters. The molecule has 1 saturated heterocycles. The molecule has 2 aromatic carbocycles. The third-order valence-corrected chi connectivity index (χ3v) is 9.87. The number of halogens is 3. The Kier molecular flexibility index (Phi) is 8.54. The number of alkyl halides is 3. The fraction of sp³-hybridized carbons (Fsp3) is 0.440. The molecule has 0 aromatic heterocycles. The molecule has 0 aliphatic carbocycles. The molecule has 1 heterocycles. The number of carbonyl (C=O) groups excluding carboxylic acids is 1. The van der Waals surface area contributed by atoms with E-state index in [0.717, 1.165) is 22.5 Å². The maximum Gasteiger partial charge on any atom is 0.416 e. The number of hydrogen-bond acceptors (Lipinski definition) is 7. The topological polar surface area (TPSA) is 134 Å². The van der Waals surface area contributed by atoms with Crippen LogP contribution in [-0.4, -0.2) is 51.1 Å². The van der Waals surface area contributed by atoms with Gasteiger partial charge in [0.05, 0.1) is 29.0 Å². The minimum Gasteiger partial charge on any atom is -0.480 e. The summed E-state index contributed by atoms with van der Waals surface area (Å²) in [6.07, 6.45) is -5.07. The van der Waals surface area contributed by atoms with Gasteiger partial charge in [0.1, 0.15) is 11.3 Å². The predicted molar refractivity (Wildman–Crippen MR) is 138 cm³/mol. The van der Waals surface area contributed by atoms with E-state index in [1.54, 1.807) is 39.8 Å². The Hall–Kier alpha value is -2.97. The number of sulfonamides is 2. The summed E-state index contributed by atoms with van der Waals surface area (Å²) in [7, 11) is -8.44. The number of nitrogens with zero attached hydrogens (tertiary/aromatic N) is 1. The van der Waals surface area contributed by atoms with Gasteiger partial charge in [-0.3, -0.25) is 10.2 Å². The first kappa shape index (κ1) is 30.6. The summed E-state index contributed by atoms with van der Waals surface area (Å²) in [6.45, 7) is 6.52. The number of amides is 1. The van der Waals surface area contributed by atoms with Crippen molar-refractivity contribution in [2.45, 2.75) is 68.4 Å². The molecular weight excluding hydrogens is 559 g/mol. The molecule has 2 aromatic rings. The molecule has 14 heteroatoms. The highest BCUT2D eigenvalue weighted by Crippen LogP contribution is 2.40. The summed E-state index contributed by atoms with van der Waals surface area (Å²) in [5.41, 5.74) is -1.19. The molecule has 1 amide bonds. The maximum absolute atomic E-state index is 13.1. The van der Waals surface area contributed by atoms with Crippen LogP contribution < -0.4 is 4.72 Å². The molecule has 9 nitrogen and oxygen atoms in total. The molecule has 0 bridgehead atoms. The van der Waals surface area contributed by atoms with Gasteiger partial charge in [0.25, 0.3) is 0 Å². The number of ether oxygens (including phenoxy) is 1. The fourth-order valence-electron chi connectivity index (χ4n) is 4.30. The fourth-order valence-corrected chi connectivity index (χ4v) is 7.78. The highest BCUT2D eigenvalue weighted by molar-refractivity contribution is 7.90. The van der Waals surface area contributed by atoms with Gasteiger partial charge in [-0.1, -0.05) is 30.3 Å². The summed E-state index contributed by atoms with van der Waals surface area (Å²) in [5, 5.41) is 7.09. The van der Waals surface area contributed by atoms with E-state index in [0.29, 0.717) is 17.2 Å². The van der Waals surface area contributed by atoms with Crippen LogP contribution in [0.25, 0.3) is 0 Å². The Balaban J connectivity index is 1.86. The predicted octanol–water partition coefficient (Wildman–Crippen LogP) is 4.01. The zero-order valence-electron chi connectivity index (χ0n) is 21.7. The minimum atomic E-state index is -4.74. The first-order chi connectivity index (χ1) is 17.9. The lowest BCUT2D eigenvalue weighted by atomic mass is 10.0. The molecule has 1 fully saturated rings. The summed E-state index contributed by atoms with van der Waals surface area (Å²) < 4.78 is 99.6. The molecule has 214 valence electrons. The van der Waals surface area contributed by atoms with Gasteiger partial charge in [-0.15, -0.1) is 0 Å². The van der Waals surface area contributed by atoms with E-state index in [1.165, 1.54) is 12.1 Å². The molecule has 0 spiro atoms. The van der Waals surface area contributed by atoms with Crippen LogP contribution in [0, 0.1) is 5.41 Å². The van der Waals surface area contributed by atoms with Crippen molar-refractivity contribution in [3.05, 3.63) is 65.2 Å². The Morgan fingerprint density at radius 3 is 2.28 bits per heavy atom. The first-order valence-corrected chi connectivity index (χ1v) is 14.9. The zero-order valence-corrected chi connectivity index (χ0v) is 23.4. The average molecular weight is 590 g/mol. The highest BCUT2D eigenvalue weighted by atomic mass is 32.2. The largest absolute Gasteiger partial charge is 0.480 e. The van der Waals surface area contributed by atoms with Crippen LogP contribution in [0.5, 0.6) is 0 Å². The second kappa shape index (κ2) is 10.9. The zero-order chi connectivity index (χ0) is 29.4. The second-order valence-corrected chi connectivity index (χ2v) is 13.7. The van der Waals surface area contributed by atoms with E-state index in [-0.39, 0.29) is 19.4 Å². The normalized spacial score (nSPS) is 18.7. The van der Waals surface area contributed by atoms with Gasteiger partial charge in [-0.05, 0) is 63.4 Å². The van der Waals surface area contributed by atoms with Crippen molar-refractivity contribution in [3.8, 4) is 0 Å². The van der Waals surface area contributed by atoms with Crippen LogP contribution >= 0.6 is 0 Å². The van der Waals surface area contributed by atoms with Crippen molar-refractivity contribution in [2.75, 3.05) is 6.61 Å². The monoisotopic (exact) mass is 589 g/mol. The highest BCUT2D eigenvalue weighted by Gasteiger charge is 2.49. The molecule has 0 radical (unpaired) electrons. The van der Waals surface area contributed by atoms with Crippen LogP contribution in [0.3, 0.4) is 0 Å². The van der Waals surface area contributed by atoms with E-state index in [9.17, 15) is 34.8 Å². The summed E-state index contributed by atoms with van der Waals surface area (Å²) in [4.78, 5) is 11.9. The van der Waals surface area contributed by atoms with Crippen molar-refractivity contribution in [3.63, 3.8) is 0 Å². The van der Waals surface area contributed by atoms with Crippen molar-refractivity contribution in [2.24, 2.45) is 0 Å². The van der Waals surface area contributed by atoms with Gasteiger partial charge in [0.2, 0.25) is 26.0 Å². The Morgan fingerprint density at radius 2 is 1.77 bits per heavy atom. The smallest absolute Gasteiger partial charge is 0.416 e. The Bertz CT molecular complexity index is 1450. The number of carbonyl (C=O) groups is 1. The van der Waals surface area contributed by atoms with E-state index >= 15 is 0 Å². The molecule has 0 saturated carbocycles. The van der Waals surface area contributed by atoms with E-state index in [1.807, 2.05) is 0 Å². The van der Waals surface area contributed by atoms with Crippen molar-refractivity contribution in [1.29, 1.82) is 5.41 Å². The van der Waals surface area contributed by atoms with E-state index < -0.39 is 65.3 Å². The molecule has 1 aliphatic heterocycles. The van der Waals surface area contributed by atoms with Gasteiger partial charge in [-0.25, -0.2) is 21.1 Å². The third-order valence-electron chi connectivity index (χ3n) is 5.99. The Labute approximate surface area is 226 Å². The molecular formula is C25H30F3N3O6S2. The summed E-state index contributed by atoms with van der Waals surface area (Å²) in [5.74, 6) is -0.951. The lowest BCUT2D eigenvalue weighted by molar-refractivity contribution is -0.137. The number of nitrogens with one attached hydrogen (secondary N) is 2. The van der Waals surface area contributed by atoms with E-state index in [4.69, 9.17) is 10.1 Å².